The number of nitrogens with one attached hydrogen (secondary N) is 1. The summed E-state index contributed by atoms with van der Waals surface area (Å²) in [5.74, 6) is -1.54. The Kier molecular flexibility index (Phi) is 6.66. The lowest BCUT2D eigenvalue weighted by molar-refractivity contribution is -0.142. The van der Waals surface area contributed by atoms with E-state index in [1.807, 2.05) is 13.8 Å². The van der Waals surface area contributed by atoms with Crippen molar-refractivity contribution in [1.29, 1.82) is 0 Å². The van der Waals surface area contributed by atoms with Crippen molar-refractivity contribution >= 4 is 11.9 Å². The topological polar surface area (TPSA) is 66.4 Å². The third-order valence-corrected chi connectivity index (χ3v) is 2.10. The number of rotatable bonds is 7. The van der Waals surface area contributed by atoms with Crippen molar-refractivity contribution in [1.82, 2.24) is 5.32 Å². The van der Waals surface area contributed by atoms with Crippen LogP contribution in [0.4, 0.5) is 4.39 Å². The fraction of sp³-hybridized carbons (Fsp3) is 0.800. The molecule has 88 valence electrons. The molecule has 5 heteroatoms. The molecule has 2 unspecified atom stereocenters. The second-order valence-electron chi connectivity index (χ2n) is 3.71. The van der Waals surface area contributed by atoms with Gasteiger partial charge in [-0.1, -0.05) is 26.7 Å². The Bertz CT molecular complexity index is 221. The Hall–Kier alpha value is -1.13. The molecule has 2 N–H and O–H groups in total. The van der Waals surface area contributed by atoms with Gasteiger partial charge >= 0.3 is 5.97 Å². The fourth-order valence-corrected chi connectivity index (χ4v) is 1.33. The first-order valence-electron chi connectivity index (χ1n) is 5.09. The zero-order valence-corrected chi connectivity index (χ0v) is 9.12. The van der Waals surface area contributed by atoms with Crippen molar-refractivity contribution in [2.45, 2.75) is 39.2 Å². The molecule has 0 aromatic rings. The molecule has 0 saturated carbocycles. The van der Waals surface area contributed by atoms with Crippen LogP contribution in [0.15, 0.2) is 0 Å². The highest BCUT2D eigenvalue weighted by molar-refractivity contribution is 5.83. The molecular formula is C10H18FNO3. The number of hydrogen-bond donors (Lipinski definition) is 2. The van der Waals surface area contributed by atoms with Crippen LogP contribution in [-0.4, -0.2) is 29.7 Å². The molecule has 4 nitrogen and oxygen atoms in total. The van der Waals surface area contributed by atoms with Crippen LogP contribution >= 0.6 is 0 Å². The number of halogens is 1. The third-order valence-electron chi connectivity index (χ3n) is 2.10. The summed E-state index contributed by atoms with van der Waals surface area (Å²) < 4.78 is 12.2. The summed E-state index contributed by atoms with van der Waals surface area (Å²) in [4.78, 5) is 21.7. The van der Waals surface area contributed by atoms with Gasteiger partial charge in [0, 0.05) is 6.42 Å². The van der Waals surface area contributed by atoms with Crippen molar-refractivity contribution in [3.8, 4) is 0 Å². The number of aliphatic carboxylic acids is 1. The molecule has 0 aliphatic heterocycles. The van der Waals surface area contributed by atoms with E-state index in [2.05, 4.69) is 5.32 Å². The van der Waals surface area contributed by atoms with Gasteiger partial charge in [0.05, 0.1) is 0 Å². The van der Waals surface area contributed by atoms with Gasteiger partial charge in [0.25, 0.3) is 0 Å². The van der Waals surface area contributed by atoms with E-state index >= 15 is 0 Å². The lowest BCUT2D eigenvalue weighted by atomic mass is 10.0. The van der Waals surface area contributed by atoms with E-state index in [4.69, 9.17) is 5.11 Å². The monoisotopic (exact) mass is 219 g/mol. The van der Waals surface area contributed by atoms with Crippen molar-refractivity contribution in [3.63, 3.8) is 0 Å². The minimum Gasteiger partial charge on any atom is -0.480 e. The van der Waals surface area contributed by atoms with Crippen molar-refractivity contribution < 1.29 is 19.1 Å². The molecule has 1 amide bonds. The highest BCUT2D eigenvalue weighted by Gasteiger charge is 2.20. The first-order valence-corrected chi connectivity index (χ1v) is 5.09. The number of alkyl halides is 1. The van der Waals surface area contributed by atoms with Crippen LogP contribution in [0.2, 0.25) is 0 Å². The summed E-state index contributed by atoms with van der Waals surface area (Å²) in [5, 5.41) is 10.6. The van der Waals surface area contributed by atoms with Gasteiger partial charge in [-0.25, -0.2) is 9.18 Å². The third kappa shape index (κ3) is 6.04. The molecule has 0 bridgehead atoms. The van der Waals surface area contributed by atoms with Gasteiger partial charge in [0.1, 0.15) is 6.67 Å². The number of carboxylic acid groups (broad SMARTS) is 1. The molecule has 0 spiro atoms. The molecule has 2 atom stereocenters. The highest BCUT2D eigenvalue weighted by atomic mass is 19.1. The molecule has 0 heterocycles. The van der Waals surface area contributed by atoms with Crippen LogP contribution in [0, 0.1) is 5.92 Å². The van der Waals surface area contributed by atoms with E-state index in [0.717, 1.165) is 12.8 Å². The number of carbonyl (C=O) groups is 2. The normalized spacial score (nSPS) is 14.3. The van der Waals surface area contributed by atoms with E-state index in [1.165, 1.54) is 0 Å². The second kappa shape index (κ2) is 7.20. The smallest absolute Gasteiger partial charge is 0.328 e. The van der Waals surface area contributed by atoms with E-state index < -0.39 is 24.6 Å². The molecular weight excluding hydrogens is 201 g/mol. The molecule has 0 aliphatic carbocycles. The average molecular weight is 219 g/mol. The second-order valence-corrected chi connectivity index (χ2v) is 3.71. The largest absolute Gasteiger partial charge is 0.480 e. The molecule has 0 saturated heterocycles. The van der Waals surface area contributed by atoms with E-state index in [0.29, 0.717) is 0 Å². The van der Waals surface area contributed by atoms with Crippen LogP contribution in [0.1, 0.15) is 33.1 Å². The van der Waals surface area contributed by atoms with Crippen molar-refractivity contribution in [2.75, 3.05) is 6.67 Å². The number of hydrogen-bond acceptors (Lipinski definition) is 2. The highest BCUT2D eigenvalue weighted by Crippen LogP contribution is 2.09. The Morgan fingerprint density at radius 2 is 2.07 bits per heavy atom. The van der Waals surface area contributed by atoms with Crippen molar-refractivity contribution in [3.05, 3.63) is 0 Å². The van der Waals surface area contributed by atoms with Crippen LogP contribution in [-0.2, 0) is 9.59 Å². The van der Waals surface area contributed by atoms with Gasteiger partial charge in [0.2, 0.25) is 5.91 Å². The lowest BCUT2D eigenvalue weighted by Crippen LogP contribution is -2.42. The maximum Gasteiger partial charge on any atom is 0.328 e. The van der Waals surface area contributed by atoms with Gasteiger partial charge in [-0.3, -0.25) is 4.79 Å². The fourth-order valence-electron chi connectivity index (χ4n) is 1.33. The number of carbonyl (C=O) groups excluding carboxylic acids is 1. The summed E-state index contributed by atoms with van der Waals surface area (Å²) in [5.41, 5.74) is 0. The summed E-state index contributed by atoms with van der Waals surface area (Å²) in [6.45, 7) is 2.84. The molecule has 0 fully saturated rings. The average Bonchev–Trinajstić information content (AvgIpc) is 2.13. The predicted molar refractivity (Wildman–Crippen MR) is 54.2 cm³/mol. The van der Waals surface area contributed by atoms with E-state index in [-0.39, 0.29) is 12.3 Å². The van der Waals surface area contributed by atoms with Gasteiger partial charge < -0.3 is 10.4 Å². The Labute approximate surface area is 88.9 Å². The first-order chi connectivity index (χ1) is 7.01. The SMILES string of the molecule is CCCC(C)CC(=O)NC(CF)C(=O)O. The first kappa shape index (κ1) is 13.9. The van der Waals surface area contributed by atoms with Crippen molar-refractivity contribution in [2.24, 2.45) is 5.92 Å². The Morgan fingerprint density at radius 3 is 2.47 bits per heavy atom. The maximum absolute atomic E-state index is 12.2. The standard InChI is InChI=1S/C10H18FNO3/c1-3-4-7(2)5-9(13)12-8(6-11)10(14)15/h7-8H,3-6H2,1-2H3,(H,12,13)(H,14,15). The minimum absolute atomic E-state index is 0.198. The maximum atomic E-state index is 12.2. The Morgan fingerprint density at radius 1 is 1.47 bits per heavy atom. The zero-order chi connectivity index (χ0) is 11.8. The number of amides is 1. The quantitative estimate of drug-likeness (QED) is 0.679. The molecule has 15 heavy (non-hydrogen) atoms. The lowest BCUT2D eigenvalue weighted by Gasteiger charge is -2.13. The van der Waals surface area contributed by atoms with E-state index in [1.54, 1.807) is 0 Å². The molecule has 0 radical (unpaired) electrons. The van der Waals surface area contributed by atoms with Crippen LogP contribution in [0.5, 0.6) is 0 Å². The summed E-state index contributed by atoms with van der Waals surface area (Å²) in [7, 11) is 0. The van der Waals surface area contributed by atoms with E-state index in [9.17, 15) is 14.0 Å². The zero-order valence-electron chi connectivity index (χ0n) is 9.12. The van der Waals surface area contributed by atoms with Gasteiger partial charge in [0.15, 0.2) is 6.04 Å². The van der Waals surface area contributed by atoms with Gasteiger partial charge in [-0.2, -0.15) is 0 Å². The minimum atomic E-state index is -1.41. The molecule has 0 aliphatic rings. The summed E-state index contributed by atoms with van der Waals surface area (Å²) in [6.07, 6.45) is 2.12. The van der Waals surface area contributed by atoms with Crippen LogP contribution in [0.25, 0.3) is 0 Å². The summed E-state index contributed by atoms with van der Waals surface area (Å²) >= 11 is 0. The van der Waals surface area contributed by atoms with Gasteiger partial charge in [-0.15, -0.1) is 0 Å². The van der Waals surface area contributed by atoms with Crippen LogP contribution < -0.4 is 5.32 Å². The summed E-state index contributed by atoms with van der Waals surface area (Å²) in [6, 6.07) is -1.41. The molecule has 0 aromatic heterocycles. The number of carboxylic acids is 1. The van der Waals surface area contributed by atoms with Gasteiger partial charge in [-0.05, 0) is 5.92 Å². The molecule has 0 aromatic carbocycles. The predicted octanol–water partition coefficient (Wildman–Crippen LogP) is 1.35. The van der Waals surface area contributed by atoms with Crippen LogP contribution in [0.3, 0.4) is 0 Å². The Balaban J connectivity index is 3.96. The molecule has 0 rings (SSSR count).